The van der Waals surface area contributed by atoms with E-state index < -0.39 is 9.84 Å². The highest BCUT2D eigenvalue weighted by molar-refractivity contribution is 7.91. The van der Waals surface area contributed by atoms with Crippen molar-refractivity contribution in [2.75, 3.05) is 11.5 Å². The number of sulfone groups is 1. The molecule has 92 valence electrons. The van der Waals surface area contributed by atoms with Crippen molar-refractivity contribution in [1.82, 2.24) is 10.6 Å². The molecule has 0 spiro atoms. The second kappa shape index (κ2) is 4.61. The fourth-order valence-electron chi connectivity index (χ4n) is 2.10. The molecule has 0 aromatic rings. The van der Waals surface area contributed by atoms with E-state index in [1.54, 1.807) is 0 Å². The molecule has 6 heteroatoms. The standard InChI is InChI=1S/C10H18N2O3S/c13-10(11-8-3-1-4-8)12-9-5-2-6-16(14,15)7-9/h8-9H,1-7H2,(H2,11,12,13). The zero-order chi connectivity index (χ0) is 11.6. The van der Waals surface area contributed by atoms with E-state index in [4.69, 9.17) is 0 Å². The number of amides is 2. The lowest BCUT2D eigenvalue weighted by Crippen LogP contribution is -2.51. The van der Waals surface area contributed by atoms with E-state index >= 15 is 0 Å². The molecule has 0 radical (unpaired) electrons. The van der Waals surface area contributed by atoms with Crippen LogP contribution in [0.4, 0.5) is 4.79 Å². The highest BCUT2D eigenvalue weighted by Gasteiger charge is 2.27. The van der Waals surface area contributed by atoms with E-state index in [-0.39, 0.29) is 23.6 Å². The molecular formula is C10H18N2O3S. The van der Waals surface area contributed by atoms with E-state index in [2.05, 4.69) is 10.6 Å². The van der Waals surface area contributed by atoms with E-state index in [9.17, 15) is 13.2 Å². The average Bonchev–Trinajstić information content (AvgIpc) is 2.10. The van der Waals surface area contributed by atoms with Gasteiger partial charge in [-0.25, -0.2) is 13.2 Å². The summed E-state index contributed by atoms with van der Waals surface area (Å²) in [6.07, 6.45) is 4.66. The summed E-state index contributed by atoms with van der Waals surface area (Å²) < 4.78 is 22.7. The van der Waals surface area contributed by atoms with Crippen molar-refractivity contribution in [3.05, 3.63) is 0 Å². The molecule has 0 aromatic heterocycles. The molecule has 0 aromatic carbocycles. The number of rotatable bonds is 2. The third kappa shape index (κ3) is 3.10. The van der Waals surface area contributed by atoms with E-state index in [0.717, 1.165) is 19.3 Å². The minimum Gasteiger partial charge on any atom is -0.335 e. The molecule has 2 rings (SSSR count). The maximum atomic E-state index is 11.5. The average molecular weight is 246 g/mol. The first kappa shape index (κ1) is 11.7. The predicted molar refractivity (Wildman–Crippen MR) is 61.0 cm³/mol. The maximum Gasteiger partial charge on any atom is 0.315 e. The SMILES string of the molecule is O=C(NC1CCC1)NC1CCCS(=O)(=O)C1. The van der Waals surface area contributed by atoms with Crippen molar-refractivity contribution in [2.24, 2.45) is 0 Å². The van der Waals surface area contributed by atoms with Gasteiger partial charge >= 0.3 is 6.03 Å². The Balaban J connectivity index is 1.77. The van der Waals surface area contributed by atoms with Crippen molar-refractivity contribution in [3.63, 3.8) is 0 Å². The van der Waals surface area contributed by atoms with Crippen LogP contribution in [0.5, 0.6) is 0 Å². The third-order valence-electron chi connectivity index (χ3n) is 3.24. The predicted octanol–water partition coefficient (Wildman–Crippen LogP) is 0.415. The number of hydrogen-bond donors (Lipinski definition) is 2. The van der Waals surface area contributed by atoms with Gasteiger partial charge in [0, 0.05) is 12.1 Å². The molecule has 1 saturated heterocycles. The summed E-state index contributed by atoms with van der Waals surface area (Å²) in [5.41, 5.74) is 0. The maximum absolute atomic E-state index is 11.5. The molecule has 1 saturated carbocycles. The van der Waals surface area contributed by atoms with Crippen molar-refractivity contribution >= 4 is 15.9 Å². The van der Waals surface area contributed by atoms with Crippen molar-refractivity contribution in [3.8, 4) is 0 Å². The molecule has 16 heavy (non-hydrogen) atoms. The van der Waals surface area contributed by atoms with Crippen molar-refractivity contribution < 1.29 is 13.2 Å². The van der Waals surface area contributed by atoms with Gasteiger partial charge < -0.3 is 10.6 Å². The second-order valence-electron chi connectivity index (χ2n) is 4.70. The molecule has 1 aliphatic heterocycles. The van der Waals surface area contributed by atoms with Gasteiger partial charge in [0.05, 0.1) is 11.5 Å². The fourth-order valence-corrected chi connectivity index (χ4v) is 3.74. The first-order chi connectivity index (χ1) is 7.55. The Hall–Kier alpha value is -0.780. The summed E-state index contributed by atoms with van der Waals surface area (Å²) in [5, 5.41) is 5.59. The zero-order valence-electron chi connectivity index (χ0n) is 9.24. The van der Waals surface area contributed by atoms with Crippen LogP contribution in [-0.2, 0) is 9.84 Å². The molecule has 1 heterocycles. The quantitative estimate of drug-likeness (QED) is 0.741. The minimum atomic E-state index is -2.94. The van der Waals surface area contributed by atoms with Crippen LogP contribution in [-0.4, -0.2) is 38.0 Å². The Morgan fingerprint density at radius 3 is 2.19 bits per heavy atom. The van der Waals surface area contributed by atoms with Gasteiger partial charge in [-0.1, -0.05) is 0 Å². The van der Waals surface area contributed by atoms with E-state index in [1.807, 2.05) is 0 Å². The molecule has 1 unspecified atom stereocenters. The Morgan fingerprint density at radius 1 is 1.00 bits per heavy atom. The van der Waals surface area contributed by atoms with Crippen LogP contribution >= 0.6 is 0 Å². The highest BCUT2D eigenvalue weighted by Crippen LogP contribution is 2.18. The van der Waals surface area contributed by atoms with Crippen LogP contribution in [0.1, 0.15) is 32.1 Å². The number of carbonyl (C=O) groups is 1. The van der Waals surface area contributed by atoms with E-state index in [0.29, 0.717) is 12.5 Å². The molecule has 1 atom stereocenters. The van der Waals surface area contributed by atoms with Gasteiger partial charge in [-0.3, -0.25) is 0 Å². The fraction of sp³-hybridized carbons (Fsp3) is 0.900. The van der Waals surface area contributed by atoms with E-state index in [1.165, 1.54) is 6.42 Å². The first-order valence-corrected chi connectivity index (χ1v) is 7.65. The normalized spacial score (nSPS) is 29.1. The Kier molecular flexibility index (Phi) is 3.37. The molecule has 5 nitrogen and oxygen atoms in total. The summed E-state index contributed by atoms with van der Waals surface area (Å²) in [6.45, 7) is 0. The highest BCUT2D eigenvalue weighted by atomic mass is 32.2. The van der Waals surface area contributed by atoms with Gasteiger partial charge in [-0.2, -0.15) is 0 Å². The van der Waals surface area contributed by atoms with Gasteiger partial charge in [0.25, 0.3) is 0 Å². The lowest BCUT2D eigenvalue weighted by Gasteiger charge is -2.29. The zero-order valence-corrected chi connectivity index (χ0v) is 10.1. The van der Waals surface area contributed by atoms with Gasteiger partial charge in [0.2, 0.25) is 0 Å². The van der Waals surface area contributed by atoms with Crippen LogP contribution < -0.4 is 10.6 Å². The molecular weight excluding hydrogens is 228 g/mol. The van der Waals surface area contributed by atoms with Crippen molar-refractivity contribution in [2.45, 2.75) is 44.2 Å². The smallest absolute Gasteiger partial charge is 0.315 e. The van der Waals surface area contributed by atoms with Gasteiger partial charge in [0.1, 0.15) is 0 Å². The Labute approximate surface area is 95.9 Å². The minimum absolute atomic E-state index is 0.0884. The van der Waals surface area contributed by atoms with Crippen LogP contribution in [0.2, 0.25) is 0 Å². The molecule has 2 amide bonds. The lowest BCUT2D eigenvalue weighted by atomic mass is 9.93. The number of hydrogen-bond acceptors (Lipinski definition) is 3. The molecule has 2 aliphatic rings. The first-order valence-electron chi connectivity index (χ1n) is 5.83. The van der Waals surface area contributed by atoms with Crippen LogP contribution in [0.25, 0.3) is 0 Å². The number of carbonyl (C=O) groups excluding carboxylic acids is 1. The summed E-state index contributed by atoms with van der Waals surface area (Å²) in [6, 6.07) is -0.133. The number of urea groups is 1. The molecule has 0 bridgehead atoms. The largest absolute Gasteiger partial charge is 0.335 e. The van der Waals surface area contributed by atoms with Crippen LogP contribution in [0.15, 0.2) is 0 Å². The molecule has 2 fully saturated rings. The monoisotopic (exact) mass is 246 g/mol. The lowest BCUT2D eigenvalue weighted by molar-refractivity contribution is 0.224. The van der Waals surface area contributed by atoms with Crippen LogP contribution in [0, 0.1) is 0 Å². The van der Waals surface area contributed by atoms with Crippen LogP contribution in [0.3, 0.4) is 0 Å². The third-order valence-corrected chi connectivity index (χ3v) is 5.06. The van der Waals surface area contributed by atoms with Crippen molar-refractivity contribution in [1.29, 1.82) is 0 Å². The Morgan fingerprint density at radius 2 is 1.62 bits per heavy atom. The van der Waals surface area contributed by atoms with Gasteiger partial charge in [-0.05, 0) is 32.1 Å². The summed E-state index contributed by atoms with van der Waals surface area (Å²) >= 11 is 0. The van der Waals surface area contributed by atoms with Gasteiger partial charge in [0.15, 0.2) is 9.84 Å². The molecule has 1 aliphatic carbocycles. The summed E-state index contributed by atoms with van der Waals surface area (Å²) in [4.78, 5) is 11.5. The number of nitrogens with one attached hydrogen (secondary N) is 2. The van der Waals surface area contributed by atoms with Gasteiger partial charge in [-0.15, -0.1) is 0 Å². The Bertz CT molecular complexity index is 362. The topological polar surface area (TPSA) is 75.3 Å². The second-order valence-corrected chi connectivity index (χ2v) is 6.93. The molecule has 2 N–H and O–H groups in total. The summed E-state index contributed by atoms with van der Waals surface area (Å²) in [5.74, 6) is 0.348. The summed E-state index contributed by atoms with van der Waals surface area (Å²) in [7, 11) is -2.94.